The summed E-state index contributed by atoms with van der Waals surface area (Å²) in [4.78, 5) is 12.0. The van der Waals surface area contributed by atoms with E-state index in [0.717, 1.165) is 17.0 Å². The Balaban J connectivity index is 1.50. The zero-order chi connectivity index (χ0) is 16.9. The average molecular weight is 344 g/mol. The molecule has 3 rings (SSSR count). The molecular weight excluding hydrogens is 326 g/mol. The summed E-state index contributed by atoms with van der Waals surface area (Å²) < 4.78 is 7.49. The van der Waals surface area contributed by atoms with Crippen molar-refractivity contribution in [2.24, 2.45) is 7.05 Å². The summed E-state index contributed by atoms with van der Waals surface area (Å²) in [5.41, 5.74) is 1.95. The molecule has 0 unspecified atom stereocenters. The first-order valence-electron chi connectivity index (χ1n) is 7.70. The number of carbonyl (C=O) groups excluding carboxylic acids is 1. The number of hydrogen-bond donors (Lipinski definition) is 1. The molecule has 2 aromatic heterocycles. The minimum absolute atomic E-state index is 0.0199. The van der Waals surface area contributed by atoms with Gasteiger partial charge in [-0.05, 0) is 42.3 Å². The molecule has 2 heterocycles. The quantitative estimate of drug-likeness (QED) is 0.744. The zero-order valence-corrected chi connectivity index (χ0v) is 14.1. The molecule has 5 nitrogen and oxygen atoms in total. The third kappa shape index (κ3) is 4.06. The lowest BCUT2D eigenvalue weighted by Crippen LogP contribution is -2.22. The van der Waals surface area contributed by atoms with E-state index in [9.17, 15) is 4.79 Å². The number of hydrogen-bond acceptors (Lipinski definition) is 3. The average Bonchev–Trinajstić information content (AvgIpc) is 3.19. The highest BCUT2D eigenvalue weighted by Crippen LogP contribution is 2.21. The molecular formula is C18H18ClN3O2. The van der Waals surface area contributed by atoms with E-state index in [4.69, 9.17) is 16.0 Å². The second-order valence-corrected chi connectivity index (χ2v) is 5.95. The summed E-state index contributed by atoms with van der Waals surface area (Å²) in [7, 11) is 1.86. The Morgan fingerprint density at radius 1 is 1.29 bits per heavy atom. The molecule has 3 aromatic rings. The van der Waals surface area contributed by atoms with Crippen LogP contribution >= 0.6 is 11.6 Å². The molecule has 1 amide bonds. The highest BCUT2D eigenvalue weighted by molar-refractivity contribution is 6.30. The Hall–Kier alpha value is -2.53. The molecule has 1 N–H and O–H groups in total. The maximum Gasteiger partial charge on any atom is 0.220 e. The van der Waals surface area contributed by atoms with Crippen LogP contribution in [0.4, 0.5) is 0 Å². The van der Waals surface area contributed by atoms with Crippen molar-refractivity contribution < 1.29 is 9.21 Å². The summed E-state index contributed by atoms with van der Waals surface area (Å²) in [5, 5.41) is 7.67. The molecule has 0 aliphatic heterocycles. The van der Waals surface area contributed by atoms with E-state index in [-0.39, 0.29) is 5.91 Å². The Labute approximate surface area is 145 Å². The molecule has 0 saturated heterocycles. The van der Waals surface area contributed by atoms with E-state index < -0.39 is 0 Å². The number of carbonyl (C=O) groups is 1. The van der Waals surface area contributed by atoms with Crippen LogP contribution in [0.15, 0.2) is 53.1 Å². The van der Waals surface area contributed by atoms with Crippen LogP contribution in [-0.2, 0) is 24.8 Å². The van der Waals surface area contributed by atoms with Crippen molar-refractivity contribution in [2.75, 3.05) is 0 Å². The lowest BCUT2D eigenvalue weighted by Gasteiger charge is -2.04. The number of furan rings is 1. The predicted molar refractivity (Wildman–Crippen MR) is 92.5 cm³/mol. The zero-order valence-electron chi connectivity index (χ0n) is 13.3. The first-order valence-corrected chi connectivity index (χ1v) is 8.08. The third-order valence-corrected chi connectivity index (χ3v) is 3.96. The Morgan fingerprint density at radius 3 is 2.92 bits per heavy atom. The first kappa shape index (κ1) is 16.3. The van der Waals surface area contributed by atoms with Gasteiger partial charge in [0.25, 0.3) is 0 Å². The highest BCUT2D eigenvalue weighted by Gasteiger charge is 2.09. The molecule has 0 spiro atoms. The van der Waals surface area contributed by atoms with E-state index >= 15 is 0 Å². The fourth-order valence-electron chi connectivity index (χ4n) is 2.45. The van der Waals surface area contributed by atoms with Gasteiger partial charge < -0.3 is 9.73 Å². The molecule has 124 valence electrons. The fraction of sp³-hybridized carbons (Fsp3) is 0.222. The number of amides is 1. The van der Waals surface area contributed by atoms with Crippen molar-refractivity contribution in [3.63, 3.8) is 0 Å². The van der Waals surface area contributed by atoms with Crippen molar-refractivity contribution in [1.29, 1.82) is 0 Å². The summed E-state index contributed by atoms with van der Waals surface area (Å²) in [6.45, 7) is 0.367. The normalized spacial score (nSPS) is 10.8. The van der Waals surface area contributed by atoms with E-state index in [2.05, 4.69) is 10.4 Å². The lowest BCUT2D eigenvalue weighted by molar-refractivity contribution is -0.121. The molecule has 1 aromatic carbocycles. The van der Waals surface area contributed by atoms with Crippen LogP contribution in [0.1, 0.15) is 17.7 Å². The van der Waals surface area contributed by atoms with Gasteiger partial charge in [0.05, 0.1) is 6.54 Å². The molecule has 6 heteroatoms. The SMILES string of the molecule is Cn1nccc1-c1ccc(CNC(=O)CCc2cccc(Cl)c2)o1. The van der Waals surface area contributed by atoms with Crippen LogP contribution in [0.3, 0.4) is 0 Å². The Kier molecular flexibility index (Phi) is 5.01. The smallest absolute Gasteiger partial charge is 0.220 e. The van der Waals surface area contributed by atoms with Crippen molar-refractivity contribution in [2.45, 2.75) is 19.4 Å². The third-order valence-electron chi connectivity index (χ3n) is 3.72. The maximum atomic E-state index is 12.0. The Bertz CT molecular complexity index is 838. The maximum absolute atomic E-state index is 12.0. The molecule has 0 bridgehead atoms. The fourth-order valence-corrected chi connectivity index (χ4v) is 2.66. The van der Waals surface area contributed by atoms with Gasteiger partial charge >= 0.3 is 0 Å². The van der Waals surface area contributed by atoms with E-state index in [1.807, 2.05) is 49.5 Å². The van der Waals surface area contributed by atoms with Gasteiger partial charge in [-0.15, -0.1) is 0 Å². The van der Waals surface area contributed by atoms with Gasteiger partial charge in [0.1, 0.15) is 11.5 Å². The van der Waals surface area contributed by atoms with Crippen LogP contribution in [-0.4, -0.2) is 15.7 Å². The molecule has 0 fully saturated rings. The van der Waals surface area contributed by atoms with Crippen LogP contribution in [0.2, 0.25) is 5.02 Å². The van der Waals surface area contributed by atoms with Crippen LogP contribution in [0.5, 0.6) is 0 Å². The van der Waals surface area contributed by atoms with Crippen molar-refractivity contribution in [3.05, 3.63) is 65.0 Å². The van der Waals surface area contributed by atoms with Gasteiger partial charge in [0.15, 0.2) is 5.76 Å². The first-order chi connectivity index (χ1) is 11.6. The van der Waals surface area contributed by atoms with Gasteiger partial charge in [-0.25, -0.2) is 0 Å². The number of benzene rings is 1. The highest BCUT2D eigenvalue weighted by atomic mass is 35.5. The minimum atomic E-state index is -0.0199. The second kappa shape index (κ2) is 7.36. The molecule has 24 heavy (non-hydrogen) atoms. The number of aryl methyl sites for hydroxylation is 2. The number of aromatic nitrogens is 2. The van der Waals surface area contributed by atoms with Crippen LogP contribution in [0, 0.1) is 0 Å². The van der Waals surface area contributed by atoms with E-state index in [0.29, 0.717) is 30.2 Å². The van der Waals surface area contributed by atoms with Gasteiger partial charge in [-0.2, -0.15) is 5.10 Å². The van der Waals surface area contributed by atoms with E-state index in [1.54, 1.807) is 10.9 Å². The van der Waals surface area contributed by atoms with Gasteiger partial charge in [-0.1, -0.05) is 23.7 Å². The molecule has 0 aliphatic carbocycles. The van der Waals surface area contributed by atoms with Gasteiger partial charge in [0, 0.05) is 24.7 Å². The summed E-state index contributed by atoms with van der Waals surface area (Å²) >= 11 is 5.94. The van der Waals surface area contributed by atoms with Crippen molar-refractivity contribution in [3.8, 4) is 11.5 Å². The van der Waals surface area contributed by atoms with Crippen molar-refractivity contribution in [1.82, 2.24) is 15.1 Å². The molecule has 0 saturated carbocycles. The molecule has 0 atom stereocenters. The van der Waals surface area contributed by atoms with Crippen LogP contribution in [0.25, 0.3) is 11.5 Å². The minimum Gasteiger partial charge on any atom is -0.458 e. The molecule has 0 aliphatic rings. The van der Waals surface area contributed by atoms with Crippen LogP contribution < -0.4 is 5.32 Å². The second-order valence-electron chi connectivity index (χ2n) is 5.51. The summed E-state index contributed by atoms with van der Waals surface area (Å²) in [6.07, 6.45) is 2.79. The molecule has 0 radical (unpaired) electrons. The Morgan fingerprint density at radius 2 is 2.17 bits per heavy atom. The summed E-state index contributed by atoms with van der Waals surface area (Å²) in [5.74, 6) is 1.42. The van der Waals surface area contributed by atoms with Gasteiger partial charge in [-0.3, -0.25) is 9.48 Å². The number of nitrogens with one attached hydrogen (secondary N) is 1. The summed E-state index contributed by atoms with van der Waals surface area (Å²) in [6, 6.07) is 13.2. The number of nitrogens with zero attached hydrogens (tertiary/aromatic N) is 2. The van der Waals surface area contributed by atoms with Gasteiger partial charge in [0.2, 0.25) is 5.91 Å². The van der Waals surface area contributed by atoms with E-state index in [1.165, 1.54) is 0 Å². The number of halogens is 1. The predicted octanol–water partition coefficient (Wildman–Crippen LogP) is 3.58. The number of rotatable bonds is 6. The lowest BCUT2D eigenvalue weighted by atomic mass is 10.1. The monoisotopic (exact) mass is 343 g/mol. The topological polar surface area (TPSA) is 60.1 Å². The standard InChI is InChI=1S/C18H18ClN3O2/c1-22-16(9-10-21-22)17-7-6-15(24-17)12-20-18(23)8-5-13-3-2-4-14(19)11-13/h2-4,6-7,9-11H,5,8,12H2,1H3,(H,20,23). The largest absolute Gasteiger partial charge is 0.458 e. The van der Waals surface area contributed by atoms with Crippen molar-refractivity contribution >= 4 is 17.5 Å².